The molecule has 6 heteroatoms. The first-order valence-corrected chi connectivity index (χ1v) is 6.92. The summed E-state index contributed by atoms with van der Waals surface area (Å²) in [4.78, 5) is 11.3. The van der Waals surface area contributed by atoms with Gasteiger partial charge in [0.15, 0.2) is 12.0 Å². The van der Waals surface area contributed by atoms with Gasteiger partial charge >= 0.3 is 0 Å². The van der Waals surface area contributed by atoms with Crippen molar-refractivity contribution in [3.8, 4) is 22.7 Å². The molecular formula is C16H12ClN3O2. The summed E-state index contributed by atoms with van der Waals surface area (Å²) in [6, 6.07) is 14.5. The smallest absolute Gasteiger partial charge is 0.172 e. The quantitative estimate of drug-likeness (QED) is 0.693. The van der Waals surface area contributed by atoms with E-state index in [0.29, 0.717) is 22.8 Å². The Hall–Kier alpha value is -2.66. The van der Waals surface area contributed by atoms with Crippen molar-refractivity contribution in [3.05, 3.63) is 59.2 Å². The van der Waals surface area contributed by atoms with E-state index in [0.717, 1.165) is 11.3 Å². The number of benzene rings is 2. The molecule has 1 aromatic heterocycles. The lowest BCUT2D eigenvalue weighted by atomic mass is 10.1. The van der Waals surface area contributed by atoms with Crippen molar-refractivity contribution in [2.45, 2.75) is 0 Å². The van der Waals surface area contributed by atoms with Crippen molar-refractivity contribution in [2.24, 2.45) is 0 Å². The number of hydrogen-bond acceptors (Lipinski definition) is 4. The maximum Gasteiger partial charge on any atom is 0.172 e. The van der Waals surface area contributed by atoms with Crippen LogP contribution in [0.15, 0.2) is 48.5 Å². The van der Waals surface area contributed by atoms with E-state index in [-0.39, 0.29) is 5.69 Å². The molecule has 3 rings (SSSR count). The first kappa shape index (κ1) is 14.3. The van der Waals surface area contributed by atoms with Gasteiger partial charge in [-0.25, -0.2) is 4.68 Å². The van der Waals surface area contributed by atoms with Crippen LogP contribution in [0.1, 0.15) is 10.5 Å². The van der Waals surface area contributed by atoms with E-state index in [1.165, 1.54) is 0 Å². The number of carbonyl (C=O) groups excluding carboxylic acids is 1. The molecule has 3 aromatic rings. The fraction of sp³-hybridized carbons (Fsp3) is 0.0625. The Bertz CT molecular complexity index is 813. The van der Waals surface area contributed by atoms with Crippen LogP contribution in [-0.2, 0) is 0 Å². The zero-order valence-corrected chi connectivity index (χ0v) is 12.5. The lowest BCUT2D eigenvalue weighted by Gasteiger charge is -2.08. The molecule has 0 aliphatic heterocycles. The third-order valence-corrected chi connectivity index (χ3v) is 3.47. The molecule has 0 unspecified atom stereocenters. The Morgan fingerprint density at radius 3 is 2.64 bits per heavy atom. The van der Waals surface area contributed by atoms with Crippen LogP contribution in [0.2, 0.25) is 5.02 Å². The molecule has 0 aliphatic rings. The van der Waals surface area contributed by atoms with Crippen molar-refractivity contribution < 1.29 is 9.53 Å². The van der Waals surface area contributed by atoms with E-state index in [9.17, 15) is 4.79 Å². The van der Waals surface area contributed by atoms with Gasteiger partial charge in [0.05, 0.1) is 12.8 Å². The van der Waals surface area contributed by atoms with Gasteiger partial charge in [-0.15, -0.1) is 5.10 Å². The molecule has 110 valence electrons. The highest BCUT2D eigenvalue weighted by molar-refractivity contribution is 6.30. The van der Waals surface area contributed by atoms with Crippen LogP contribution in [0, 0.1) is 0 Å². The SMILES string of the molecule is COc1cccc(-c2c(C=O)nnn2-c2ccc(Cl)cc2)c1. The van der Waals surface area contributed by atoms with Crippen LogP contribution in [-0.4, -0.2) is 28.4 Å². The van der Waals surface area contributed by atoms with E-state index in [1.807, 2.05) is 36.4 Å². The highest BCUT2D eigenvalue weighted by Gasteiger charge is 2.16. The predicted molar refractivity (Wildman–Crippen MR) is 83.7 cm³/mol. The summed E-state index contributed by atoms with van der Waals surface area (Å²) in [5, 5.41) is 8.63. The third-order valence-electron chi connectivity index (χ3n) is 3.22. The van der Waals surface area contributed by atoms with E-state index >= 15 is 0 Å². The maximum atomic E-state index is 11.3. The molecule has 5 nitrogen and oxygen atoms in total. The summed E-state index contributed by atoms with van der Waals surface area (Å²) >= 11 is 5.91. The number of methoxy groups -OCH3 is 1. The largest absolute Gasteiger partial charge is 0.497 e. The normalized spacial score (nSPS) is 10.5. The summed E-state index contributed by atoms with van der Waals surface area (Å²) in [6.45, 7) is 0. The molecule has 2 aromatic carbocycles. The molecule has 0 saturated carbocycles. The van der Waals surface area contributed by atoms with Crippen molar-refractivity contribution >= 4 is 17.9 Å². The minimum Gasteiger partial charge on any atom is -0.497 e. The van der Waals surface area contributed by atoms with Crippen LogP contribution in [0.3, 0.4) is 0 Å². The monoisotopic (exact) mass is 313 g/mol. The number of hydrogen-bond donors (Lipinski definition) is 0. The van der Waals surface area contributed by atoms with Crippen molar-refractivity contribution in [1.82, 2.24) is 15.0 Å². The predicted octanol–water partition coefficient (Wildman–Crippen LogP) is 3.41. The molecule has 0 radical (unpaired) electrons. The van der Waals surface area contributed by atoms with E-state index < -0.39 is 0 Å². The number of halogens is 1. The molecule has 0 amide bonds. The van der Waals surface area contributed by atoms with Crippen LogP contribution < -0.4 is 4.74 Å². The molecule has 1 heterocycles. The van der Waals surface area contributed by atoms with Crippen LogP contribution in [0.4, 0.5) is 0 Å². The van der Waals surface area contributed by atoms with Gasteiger partial charge in [0, 0.05) is 10.6 Å². The molecule has 0 aliphatic carbocycles. The standard InChI is InChI=1S/C16H12ClN3O2/c1-22-14-4-2-3-11(9-14)16-15(10-21)18-19-20(16)13-7-5-12(17)6-8-13/h2-10H,1H3. The zero-order chi connectivity index (χ0) is 15.5. The highest BCUT2D eigenvalue weighted by atomic mass is 35.5. The first-order chi connectivity index (χ1) is 10.7. The summed E-state index contributed by atoms with van der Waals surface area (Å²) in [6.07, 6.45) is 0.689. The van der Waals surface area contributed by atoms with Gasteiger partial charge in [-0.3, -0.25) is 4.79 Å². The third kappa shape index (κ3) is 2.58. The Morgan fingerprint density at radius 2 is 1.95 bits per heavy atom. The second-order valence-corrected chi connectivity index (χ2v) is 5.00. The van der Waals surface area contributed by atoms with Gasteiger partial charge in [-0.05, 0) is 36.4 Å². The molecule has 22 heavy (non-hydrogen) atoms. The Labute approximate surface area is 132 Å². The molecule has 0 saturated heterocycles. The Balaban J connectivity index is 2.19. The van der Waals surface area contributed by atoms with Gasteiger partial charge < -0.3 is 4.74 Å². The average molecular weight is 314 g/mol. The van der Waals surface area contributed by atoms with Gasteiger partial charge in [0.25, 0.3) is 0 Å². The zero-order valence-electron chi connectivity index (χ0n) is 11.7. The Kier molecular flexibility index (Phi) is 3.89. The number of ether oxygens (including phenoxy) is 1. The van der Waals surface area contributed by atoms with Gasteiger partial charge in [-0.1, -0.05) is 28.9 Å². The molecule has 0 fully saturated rings. The van der Waals surface area contributed by atoms with Crippen LogP contribution in [0.5, 0.6) is 5.75 Å². The summed E-state index contributed by atoms with van der Waals surface area (Å²) in [7, 11) is 1.59. The minimum atomic E-state index is 0.267. The maximum absolute atomic E-state index is 11.3. The Morgan fingerprint density at radius 1 is 1.18 bits per heavy atom. The fourth-order valence-electron chi connectivity index (χ4n) is 2.18. The number of aromatic nitrogens is 3. The van der Waals surface area contributed by atoms with E-state index in [2.05, 4.69) is 10.3 Å². The topological polar surface area (TPSA) is 57.0 Å². The average Bonchev–Trinajstić information content (AvgIpc) is 2.99. The van der Waals surface area contributed by atoms with Crippen LogP contribution >= 0.6 is 11.6 Å². The van der Waals surface area contributed by atoms with E-state index in [1.54, 1.807) is 23.9 Å². The van der Waals surface area contributed by atoms with Crippen molar-refractivity contribution in [1.29, 1.82) is 0 Å². The van der Waals surface area contributed by atoms with E-state index in [4.69, 9.17) is 16.3 Å². The fourth-order valence-corrected chi connectivity index (χ4v) is 2.30. The number of rotatable bonds is 4. The first-order valence-electron chi connectivity index (χ1n) is 6.54. The van der Waals surface area contributed by atoms with Gasteiger partial charge in [0.2, 0.25) is 0 Å². The van der Waals surface area contributed by atoms with Crippen LogP contribution in [0.25, 0.3) is 16.9 Å². The number of nitrogens with zero attached hydrogens (tertiary/aromatic N) is 3. The molecular weight excluding hydrogens is 302 g/mol. The number of aldehydes is 1. The minimum absolute atomic E-state index is 0.267. The summed E-state index contributed by atoms with van der Waals surface area (Å²) in [5.74, 6) is 0.693. The second-order valence-electron chi connectivity index (χ2n) is 4.56. The summed E-state index contributed by atoms with van der Waals surface area (Å²) in [5.41, 5.74) is 2.43. The molecule has 0 bridgehead atoms. The molecule has 0 spiro atoms. The highest BCUT2D eigenvalue weighted by Crippen LogP contribution is 2.27. The van der Waals surface area contributed by atoms with Crippen molar-refractivity contribution in [3.63, 3.8) is 0 Å². The lowest BCUT2D eigenvalue weighted by Crippen LogP contribution is -2.00. The lowest BCUT2D eigenvalue weighted by molar-refractivity contribution is 0.111. The second kappa shape index (κ2) is 5.99. The molecule has 0 atom stereocenters. The molecule has 0 N–H and O–H groups in total. The van der Waals surface area contributed by atoms with Crippen molar-refractivity contribution in [2.75, 3.05) is 7.11 Å². The number of carbonyl (C=O) groups is 1. The summed E-state index contributed by atoms with van der Waals surface area (Å²) < 4.78 is 6.84. The van der Waals surface area contributed by atoms with Gasteiger partial charge in [0.1, 0.15) is 11.4 Å². The van der Waals surface area contributed by atoms with Gasteiger partial charge in [-0.2, -0.15) is 0 Å².